The lowest BCUT2D eigenvalue weighted by Crippen LogP contribution is -2.24. The lowest BCUT2D eigenvalue weighted by atomic mass is 10.2. The summed E-state index contributed by atoms with van der Waals surface area (Å²) in [4.78, 5) is 11.8. The molecule has 8 heteroatoms. The van der Waals surface area contributed by atoms with Gasteiger partial charge in [0, 0.05) is 11.6 Å². The van der Waals surface area contributed by atoms with Crippen LogP contribution < -0.4 is 5.32 Å². The van der Waals surface area contributed by atoms with E-state index < -0.39 is 0 Å². The van der Waals surface area contributed by atoms with Crippen molar-refractivity contribution in [3.8, 4) is 11.7 Å². The lowest BCUT2D eigenvalue weighted by molar-refractivity contribution is -0.118. The molecule has 1 amide bonds. The Bertz CT molecular complexity index is 772. The van der Waals surface area contributed by atoms with Crippen LogP contribution in [-0.4, -0.2) is 21.9 Å². The number of amides is 1. The predicted molar refractivity (Wildman–Crippen MR) is 86.0 cm³/mol. The summed E-state index contributed by atoms with van der Waals surface area (Å²) in [6.45, 7) is 0.443. The molecule has 118 valence electrons. The minimum atomic E-state index is -0.123. The van der Waals surface area contributed by atoms with Gasteiger partial charge in [0.25, 0.3) is 11.1 Å². The SMILES string of the molecule is O=C(CSc1nnc(-c2ccco2)o1)NCc1ccc(Cl)cc1. The molecule has 0 aliphatic rings. The molecule has 0 bridgehead atoms. The second-order valence-corrected chi connectivity index (χ2v) is 5.91. The first-order valence-electron chi connectivity index (χ1n) is 6.72. The van der Waals surface area contributed by atoms with Gasteiger partial charge in [0.15, 0.2) is 5.76 Å². The fourth-order valence-corrected chi connectivity index (χ4v) is 2.47. The predicted octanol–water partition coefficient (Wildman–Crippen LogP) is 3.39. The van der Waals surface area contributed by atoms with Crippen LogP contribution in [0, 0.1) is 0 Å². The quantitative estimate of drug-likeness (QED) is 0.687. The average molecular weight is 350 g/mol. The summed E-state index contributed by atoms with van der Waals surface area (Å²) >= 11 is 6.98. The zero-order valence-electron chi connectivity index (χ0n) is 11.9. The molecule has 0 saturated heterocycles. The number of nitrogens with zero attached hydrogens (tertiary/aromatic N) is 2. The molecule has 0 fully saturated rings. The molecular weight excluding hydrogens is 338 g/mol. The molecule has 0 aliphatic heterocycles. The molecule has 23 heavy (non-hydrogen) atoms. The first kappa shape index (κ1) is 15.6. The van der Waals surface area contributed by atoms with Crippen LogP contribution in [0.25, 0.3) is 11.7 Å². The monoisotopic (exact) mass is 349 g/mol. The molecule has 0 radical (unpaired) electrons. The van der Waals surface area contributed by atoms with E-state index in [9.17, 15) is 4.79 Å². The van der Waals surface area contributed by atoms with Gasteiger partial charge in [-0.25, -0.2) is 0 Å². The Morgan fingerprint density at radius 3 is 2.78 bits per heavy atom. The van der Waals surface area contributed by atoms with Crippen LogP contribution in [0.5, 0.6) is 0 Å². The van der Waals surface area contributed by atoms with E-state index in [-0.39, 0.29) is 11.7 Å². The normalized spacial score (nSPS) is 10.7. The highest BCUT2D eigenvalue weighted by Crippen LogP contribution is 2.23. The van der Waals surface area contributed by atoms with Crippen molar-refractivity contribution in [3.63, 3.8) is 0 Å². The smallest absolute Gasteiger partial charge is 0.284 e. The van der Waals surface area contributed by atoms with Gasteiger partial charge < -0.3 is 14.2 Å². The van der Waals surface area contributed by atoms with Gasteiger partial charge in [0.1, 0.15) is 0 Å². The number of hydrogen-bond donors (Lipinski definition) is 1. The lowest BCUT2D eigenvalue weighted by Gasteiger charge is -2.04. The van der Waals surface area contributed by atoms with Gasteiger partial charge in [-0.2, -0.15) is 0 Å². The molecule has 1 aromatic carbocycles. The Morgan fingerprint density at radius 2 is 2.04 bits per heavy atom. The summed E-state index contributed by atoms with van der Waals surface area (Å²) in [5.41, 5.74) is 0.977. The van der Waals surface area contributed by atoms with E-state index >= 15 is 0 Å². The van der Waals surface area contributed by atoms with E-state index in [1.165, 1.54) is 18.0 Å². The van der Waals surface area contributed by atoms with Crippen molar-refractivity contribution in [1.82, 2.24) is 15.5 Å². The number of halogens is 1. The molecule has 6 nitrogen and oxygen atoms in total. The van der Waals surface area contributed by atoms with E-state index in [1.54, 1.807) is 24.3 Å². The standard InChI is InChI=1S/C15H12ClN3O3S/c16-11-5-3-10(4-6-11)8-17-13(20)9-23-15-19-18-14(22-15)12-2-1-7-21-12/h1-7H,8-9H2,(H,17,20). The van der Waals surface area contributed by atoms with E-state index in [4.69, 9.17) is 20.4 Å². The summed E-state index contributed by atoms with van der Waals surface area (Å²) < 4.78 is 10.6. The number of aromatic nitrogens is 2. The average Bonchev–Trinajstić information content (AvgIpc) is 3.23. The van der Waals surface area contributed by atoms with Crippen molar-refractivity contribution in [2.45, 2.75) is 11.8 Å². The molecule has 0 atom stereocenters. The van der Waals surface area contributed by atoms with Crippen molar-refractivity contribution >= 4 is 29.3 Å². The molecule has 0 unspecified atom stereocenters. The summed E-state index contributed by atoms with van der Waals surface area (Å²) in [5.74, 6) is 0.853. The zero-order chi connectivity index (χ0) is 16.1. The topological polar surface area (TPSA) is 81.2 Å². The Labute approximate surface area is 141 Å². The molecule has 2 heterocycles. The third-order valence-electron chi connectivity index (χ3n) is 2.87. The van der Waals surface area contributed by atoms with Gasteiger partial charge in [-0.05, 0) is 29.8 Å². The maximum atomic E-state index is 11.8. The maximum Gasteiger partial charge on any atom is 0.284 e. The number of carbonyl (C=O) groups is 1. The first-order valence-corrected chi connectivity index (χ1v) is 8.08. The molecular formula is C15H12ClN3O3S. The number of carbonyl (C=O) groups excluding carboxylic acids is 1. The van der Waals surface area contributed by atoms with Crippen LogP contribution in [0.3, 0.4) is 0 Å². The van der Waals surface area contributed by atoms with Gasteiger partial charge in [0.05, 0.1) is 12.0 Å². The van der Waals surface area contributed by atoms with Crippen molar-refractivity contribution < 1.29 is 13.6 Å². The van der Waals surface area contributed by atoms with Crippen LogP contribution in [-0.2, 0) is 11.3 Å². The van der Waals surface area contributed by atoms with Crippen molar-refractivity contribution in [2.24, 2.45) is 0 Å². The summed E-state index contributed by atoms with van der Waals surface area (Å²) in [5, 5.41) is 11.5. The highest BCUT2D eigenvalue weighted by atomic mass is 35.5. The van der Waals surface area contributed by atoms with Crippen LogP contribution in [0.15, 0.2) is 56.7 Å². The second-order valence-electron chi connectivity index (χ2n) is 4.54. The first-order chi connectivity index (χ1) is 11.2. The van der Waals surface area contributed by atoms with E-state index in [2.05, 4.69) is 15.5 Å². The molecule has 0 spiro atoms. The number of nitrogens with one attached hydrogen (secondary N) is 1. The fraction of sp³-hybridized carbons (Fsp3) is 0.133. The molecule has 0 saturated carbocycles. The van der Waals surface area contributed by atoms with Crippen molar-refractivity contribution in [3.05, 3.63) is 53.2 Å². The van der Waals surface area contributed by atoms with Gasteiger partial charge in [-0.3, -0.25) is 4.79 Å². The minimum absolute atomic E-state index is 0.123. The number of benzene rings is 1. The fourth-order valence-electron chi connectivity index (χ4n) is 1.75. The molecule has 0 aliphatic carbocycles. The third kappa shape index (κ3) is 4.37. The summed E-state index contributed by atoms with van der Waals surface area (Å²) in [6.07, 6.45) is 1.52. The Balaban J connectivity index is 1.46. The number of hydrogen-bond acceptors (Lipinski definition) is 6. The molecule has 3 rings (SSSR count). The highest BCUT2D eigenvalue weighted by Gasteiger charge is 2.12. The highest BCUT2D eigenvalue weighted by molar-refractivity contribution is 7.99. The van der Waals surface area contributed by atoms with E-state index in [0.717, 1.165) is 5.56 Å². The van der Waals surface area contributed by atoms with Crippen LogP contribution in [0.2, 0.25) is 5.02 Å². The van der Waals surface area contributed by atoms with Gasteiger partial charge in [0.2, 0.25) is 5.91 Å². The number of thioether (sulfide) groups is 1. The Morgan fingerprint density at radius 1 is 1.22 bits per heavy atom. The summed E-state index contributed by atoms with van der Waals surface area (Å²) in [7, 11) is 0. The largest absolute Gasteiger partial charge is 0.459 e. The Hall–Kier alpha value is -2.25. The van der Waals surface area contributed by atoms with E-state index in [0.29, 0.717) is 28.4 Å². The third-order valence-corrected chi connectivity index (χ3v) is 3.94. The number of furan rings is 1. The zero-order valence-corrected chi connectivity index (χ0v) is 13.4. The molecule has 1 N–H and O–H groups in total. The van der Waals surface area contributed by atoms with Crippen LogP contribution in [0.1, 0.15) is 5.56 Å². The van der Waals surface area contributed by atoms with Gasteiger partial charge in [-0.15, -0.1) is 10.2 Å². The van der Waals surface area contributed by atoms with E-state index in [1.807, 2.05) is 12.1 Å². The second kappa shape index (κ2) is 7.34. The van der Waals surface area contributed by atoms with Crippen LogP contribution >= 0.6 is 23.4 Å². The molecule has 3 aromatic rings. The Kier molecular flexibility index (Phi) is 4.99. The van der Waals surface area contributed by atoms with Crippen molar-refractivity contribution in [2.75, 3.05) is 5.75 Å². The minimum Gasteiger partial charge on any atom is -0.459 e. The van der Waals surface area contributed by atoms with Crippen molar-refractivity contribution in [1.29, 1.82) is 0 Å². The molecule has 2 aromatic heterocycles. The van der Waals surface area contributed by atoms with Crippen LogP contribution in [0.4, 0.5) is 0 Å². The summed E-state index contributed by atoms with van der Waals surface area (Å²) in [6, 6.07) is 10.8. The maximum absolute atomic E-state index is 11.8. The van der Waals surface area contributed by atoms with Gasteiger partial charge in [-0.1, -0.05) is 35.5 Å². The van der Waals surface area contributed by atoms with Gasteiger partial charge >= 0.3 is 0 Å². The number of rotatable bonds is 6.